The fourth-order valence-electron chi connectivity index (χ4n) is 4.14. The highest BCUT2D eigenvalue weighted by atomic mass is 35.5. The summed E-state index contributed by atoms with van der Waals surface area (Å²) in [6.45, 7) is 0.658. The Morgan fingerprint density at radius 1 is 1.40 bits per heavy atom. The molecule has 1 atom stereocenters. The molecule has 25 heavy (non-hydrogen) atoms. The van der Waals surface area contributed by atoms with Crippen LogP contribution < -0.4 is 5.73 Å². The highest BCUT2D eigenvalue weighted by Gasteiger charge is 2.41. The van der Waals surface area contributed by atoms with E-state index in [0.717, 1.165) is 37.1 Å². The monoisotopic (exact) mass is 360 g/mol. The van der Waals surface area contributed by atoms with Gasteiger partial charge in [0.25, 0.3) is 5.91 Å². The van der Waals surface area contributed by atoms with E-state index in [4.69, 9.17) is 17.3 Å². The van der Waals surface area contributed by atoms with Crippen molar-refractivity contribution in [1.29, 1.82) is 0 Å². The van der Waals surface area contributed by atoms with Gasteiger partial charge in [0.05, 0.1) is 18.0 Å². The second-order valence-corrected chi connectivity index (χ2v) is 7.64. The van der Waals surface area contributed by atoms with Crippen LogP contribution in [-0.2, 0) is 0 Å². The van der Waals surface area contributed by atoms with Crippen LogP contribution >= 0.6 is 11.6 Å². The Hall–Kier alpha value is -1.72. The molecule has 0 bridgehead atoms. The molecule has 2 aliphatic rings. The molecule has 2 N–H and O–H groups in total. The predicted octanol–water partition coefficient (Wildman–Crippen LogP) is 3.14. The minimum Gasteiger partial charge on any atom is -0.339 e. The highest BCUT2D eigenvalue weighted by molar-refractivity contribution is 6.29. The van der Waals surface area contributed by atoms with Gasteiger partial charge >= 0.3 is 0 Å². The zero-order valence-electron chi connectivity index (χ0n) is 14.6. The molecule has 1 unspecified atom stereocenters. The number of halogens is 1. The molecule has 0 spiro atoms. The average Bonchev–Trinajstić information content (AvgIpc) is 2.67. The molecule has 3 rings (SSSR count). The summed E-state index contributed by atoms with van der Waals surface area (Å²) in [5.41, 5.74) is 6.87. The molecule has 1 fully saturated rings. The number of rotatable bonds is 4. The normalized spacial score (nSPS) is 29.2. The fraction of sp³-hybridized carbons (Fsp3) is 0.526. The number of hydrogen-bond acceptors (Lipinski definition) is 4. The van der Waals surface area contributed by atoms with Gasteiger partial charge in [-0.05, 0) is 62.1 Å². The third-order valence-corrected chi connectivity index (χ3v) is 6.16. The van der Waals surface area contributed by atoms with Crippen molar-refractivity contribution in [2.45, 2.75) is 38.1 Å². The minimum atomic E-state index is 0.00342. The summed E-state index contributed by atoms with van der Waals surface area (Å²) >= 11 is 6.24. The van der Waals surface area contributed by atoms with Crippen molar-refractivity contribution in [2.75, 3.05) is 13.6 Å². The summed E-state index contributed by atoms with van der Waals surface area (Å²) < 4.78 is 0. The SMILES string of the molecule is CN(C(=O)c1ccnnc1)C1CCC(CN)(C2C=CC=C(Cl)C2)CC1. The van der Waals surface area contributed by atoms with Crippen LogP contribution in [-0.4, -0.2) is 40.6 Å². The number of carbonyl (C=O) groups excluding carboxylic acids is 1. The van der Waals surface area contributed by atoms with E-state index in [0.29, 0.717) is 18.0 Å². The van der Waals surface area contributed by atoms with Crippen LogP contribution in [0.3, 0.4) is 0 Å². The average molecular weight is 361 g/mol. The maximum atomic E-state index is 12.6. The first-order chi connectivity index (χ1) is 12.1. The lowest BCUT2D eigenvalue weighted by Gasteiger charge is -2.46. The van der Waals surface area contributed by atoms with E-state index in [2.05, 4.69) is 16.3 Å². The van der Waals surface area contributed by atoms with Gasteiger partial charge in [0.2, 0.25) is 0 Å². The summed E-state index contributed by atoms with van der Waals surface area (Å²) in [6.07, 6.45) is 14.1. The second kappa shape index (κ2) is 7.67. The molecule has 6 heteroatoms. The van der Waals surface area contributed by atoms with Crippen molar-refractivity contribution >= 4 is 17.5 Å². The van der Waals surface area contributed by atoms with Crippen LogP contribution in [0, 0.1) is 11.3 Å². The van der Waals surface area contributed by atoms with Gasteiger partial charge in [0.15, 0.2) is 0 Å². The summed E-state index contributed by atoms with van der Waals surface area (Å²) in [6, 6.07) is 1.94. The maximum Gasteiger partial charge on any atom is 0.255 e. The Labute approximate surface area is 153 Å². The number of aromatic nitrogens is 2. The second-order valence-electron chi connectivity index (χ2n) is 7.15. The van der Waals surface area contributed by atoms with Gasteiger partial charge in [0.1, 0.15) is 0 Å². The van der Waals surface area contributed by atoms with E-state index in [1.165, 1.54) is 6.20 Å². The standard InChI is InChI=1S/C19H25ClN4O/c1-24(18(25)14-7-10-22-23-12-14)17-5-8-19(13-21,9-6-17)15-3-2-4-16(20)11-15/h2-4,7,10,12,15,17H,5-6,8-9,11,13,21H2,1H3. The predicted molar refractivity (Wildman–Crippen MR) is 99.1 cm³/mol. The Morgan fingerprint density at radius 2 is 2.16 bits per heavy atom. The lowest BCUT2D eigenvalue weighted by atomic mass is 9.63. The van der Waals surface area contributed by atoms with E-state index in [1.807, 2.05) is 24.1 Å². The molecular weight excluding hydrogens is 336 g/mol. The summed E-state index contributed by atoms with van der Waals surface area (Å²) in [5.74, 6) is 0.394. The van der Waals surface area contributed by atoms with Crippen LogP contribution in [0.5, 0.6) is 0 Å². The van der Waals surface area contributed by atoms with Gasteiger partial charge < -0.3 is 10.6 Å². The van der Waals surface area contributed by atoms with Crippen molar-refractivity contribution in [3.05, 3.63) is 47.3 Å². The minimum absolute atomic E-state index is 0.00342. The van der Waals surface area contributed by atoms with Crippen molar-refractivity contribution in [3.8, 4) is 0 Å². The van der Waals surface area contributed by atoms with Gasteiger partial charge in [0, 0.05) is 18.1 Å². The quantitative estimate of drug-likeness (QED) is 0.895. The van der Waals surface area contributed by atoms with Gasteiger partial charge in [-0.3, -0.25) is 4.79 Å². The largest absolute Gasteiger partial charge is 0.339 e. The number of nitrogens with two attached hydrogens (primary N) is 1. The molecule has 0 saturated heterocycles. The summed E-state index contributed by atoms with van der Waals surface area (Å²) in [5, 5.41) is 8.43. The number of hydrogen-bond donors (Lipinski definition) is 1. The van der Waals surface area contributed by atoms with Crippen LogP contribution in [0.15, 0.2) is 41.7 Å². The van der Waals surface area contributed by atoms with E-state index in [9.17, 15) is 4.79 Å². The first kappa shape index (κ1) is 18.1. The Morgan fingerprint density at radius 3 is 2.76 bits per heavy atom. The Kier molecular flexibility index (Phi) is 5.54. The molecule has 1 aromatic rings. The molecule has 0 aromatic carbocycles. The molecule has 1 amide bonds. The smallest absolute Gasteiger partial charge is 0.255 e. The lowest BCUT2D eigenvalue weighted by Crippen LogP contribution is -2.47. The zero-order chi connectivity index (χ0) is 17.9. The Bertz CT molecular complexity index is 665. The first-order valence-corrected chi connectivity index (χ1v) is 9.20. The van der Waals surface area contributed by atoms with Crippen molar-refractivity contribution in [2.24, 2.45) is 17.1 Å². The van der Waals surface area contributed by atoms with Crippen LogP contribution in [0.4, 0.5) is 0 Å². The van der Waals surface area contributed by atoms with Gasteiger partial charge in [-0.2, -0.15) is 10.2 Å². The van der Waals surface area contributed by atoms with Crippen LogP contribution in [0.25, 0.3) is 0 Å². The van der Waals surface area contributed by atoms with Crippen molar-refractivity contribution < 1.29 is 4.79 Å². The molecule has 1 heterocycles. The molecule has 0 radical (unpaired) electrons. The van der Waals surface area contributed by atoms with E-state index < -0.39 is 0 Å². The fourth-order valence-corrected chi connectivity index (χ4v) is 4.38. The molecule has 0 aliphatic heterocycles. The van der Waals surface area contributed by atoms with Crippen LogP contribution in [0.2, 0.25) is 0 Å². The first-order valence-electron chi connectivity index (χ1n) is 8.82. The third kappa shape index (κ3) is 3.77. The summed E-state index contributed by atoms with van der Waals surface area (Å²) in [7, 11) is 1.88. The van der Waals surface area contributed by atoms with Gasteiger partial charge in [-0.25, -0.2) is 0 Å². The highest BCUT2D eigenvalue weighted by Crippen LogP contribution is 2.47. The van der Waals surface area contributed by atoms with Gasteiger partial charge in [-0.1, -0.05) is 23.8 Å². The molecular formula is C19H25ClN4O. The van der Waals surface area contributed by atoms with Gasteiger partial charge in [-0.15, -0.1) is 0 Å². The maximum absolute atomic E-state index is 12.6. The number of amides is 1. The van der Waals surface area contributed by atoms with Crippen LogP contribution in [0.1, 0.15) is 42.5 Å². The van der Waals surface area contributed by atoms with E-state index in [-0.39, 0.29) is 17.4 Å². The third-order valence-electron chi connectivity index (χ3n) is 5.88. The number of allylic oxidation sites excluding steroid dienone is 4. The van der Waals surface area contributed by atoms with Crippen molar-refractivity contribution in [1.82, 2.24) is 15.1 Å². The van der Waals surface area contributed by atoms with E-state index in [1.54, 1.807) is 12.3 Å². The topological polar surface area (TPSA) is 72.1 Å². The number of carbonyl (C=O) groups is 1. The molecule has 1 aromatic heterocycles. The molecule has 134 valence electrons. The van der Waals surface area contributed by atoms with Crippen molar-refractivity contribution in [3.63, 3.8) is 0 Å². The molecule has 2 aliphatic carbocycles. The van der Waals surface area contributed by atoms with E-state index >= 15 is 0 Å². The lowest BCUT2D eigenvalue weighted by molar-refractivity contribution is 0.0529. The number of nitrogens with zero attached hydrogens (tertiary/aromatic N) is 3. The molecule has 5 nitrogen and oxygen atoms in total. The summed E-state index contributed by atoms with van der Waals surface area (Å²) in [4.78, 5) is 14.5. The zero-order valence-corrected chi connectivity index (χ0v) is 15.3. The molecule has 1 saturated carbocycles. The Balaban J connectivity index is 1.65.